The van der Waals surface area contributed by atoms with E-state index in [1.165, 1.54) is 10.4 Å². The Morgan fingerprint density at radius 1 is 1.08 bits per heavy atom. The van der Waals surface area contributed by atoms with Gasteiger partial charge in [0.1, 0.15) is 16.8 Å². The van der Waals surface area contributed by atoms with Gasteiger partial charge in [0.25, 0.3) is 0 Å². The summed E-state index contributed by atoms with van der Waals surface area (Å²) in [5.41, 5.74) is 0.883. The average molecular weight is 534 g/mol. The second-order valence-corrected chi connectivity index (χ2v) is 18.7. The quantitative estimate of drug-likeness (QED) is 0.382. The summed E-state index contributed by atoms with van der Waals surface area (Å²) in [4.78, 5) is 25.7. The topological polar surface area (TPSA) is 73.8 Å². The van der Waals surface area contributed by atoms with Crippen molar-refractivity contribution in [1.29, 1.82) is 0 Å². The van der Waals surface area contributed by atoms with Crippen LogP contribution < -0.4 is 4.74 Å². The zero-order valence-electron chi connectivity index (χ0n) is 23.3. The molecular weight excluding hydrogens is 490 g/mol. The van der Waals surface area contributed by atoms with Crippen molar-refractivity contribution in [3.8, 4) is 5.88 Å². The predicted octanol–water partition coefficient (Wildman–Crippen LogP) is 6.77. The number of hydrogen-bond donors (Lipinski definition) is 0. The van der Waals surface area contributed by atoms with Gasteiger partial charge in [-0.05, 0) is 76.1 Å². The molecule has 9 heteroatoms. The van der Waals surface area contributed by atoms with Crippen LogP contribution in [0.5, 0.6) is 5.88 Å². The third-order valence-corrected chi connectivity index (χ3v) is 13.5. The molecule has 0 saturated carbocycles. The van der Waals surface area contributed by atoms with Crippen LogP contribution in [0.15, 0.2) is 6.33 Å². The van der Waals surface area contributed by atoms with Crippen molar-refractivity contribution in [2.45, 2.75) is 96.9 Å². The van der Waals surface area contributed by atoms with Gasteiger partial charge in [-0.25, -0.2) is 14.8 Å². The first-order valence-corrected chi connectivity index (χ1v) is 17.0. The van der Waals surface area contributed by atoms with Crippen LogP contribution in [0.1, 0.15) is 77.2 Å². The largest absolute Gasteiger partial charge is 0.477 e. The summed E-state index contributed by atoms with van der Waals surface area (Å²) in [7, 11) is -1.82. The molecule has 200 valence electrons. The fourth-order valence-corrected chi connectivity index (χ4v) is 6.93. The minimum absolute atomic E-state index is 0.196. The van der Waals surface area contributed by atoms with E-state index in [-0.39, 0.29) is 11.1 Å². The lowest BCUT2D eigenvalue weighted by molar-refractivity contribution is 0.0164. The van der Waals surface area contributed by atoms with Crippen LogP contribution in [-0.2, 0) is 15.6 Å². The number of thiophene rings is 1. The van der Waals surface area contributed by atoms with Crippen molar-refractivity contribution in [1.82, 2.24) is 14.9 Å². The van der Waals surface area contributed by atoms with Crippen molar-refractivity contribution < 1.29 is 18.7 Å². The van der Waals surface area contributed by atoms with Gasteiger partial charge in [0, 0.05) is 30.5 Å². The fraction of sp³-hybridized carbons (Fsp3) is 0.741. The molecule has 3 heterocycles. The molecule has 1 amide bonds. The van der Waals surface area contributed by atoms with E-state index in [4.69, 9.17) is 13.9 Å². The van der Waals surface area contributed by atoms with Gasteiger partial charge in [0.15, 0.2) is 8.32 Å². The van der Waals surface area contributed by atoms with E-state index in [2.05, 4.69) is 43.8 Å². The number of aromatic nitrogens is 2. The average Bonchev–Trinajstić information content (AvgIpc) is 3.34. The normalized spacial score (nSPS) is 19.6. The molecule has 36 heavy (non-hydrogen) atoms. The molecule has 0 spiro atoms. The highest BCUT2D eigenvalue weighted by Gasteiger charge is 2.39. The van der Waals surface area contributed by atoms with Crippen molar-refractivity contribution in [2.24, 2.45) is 5.92 Å². The summed E-state index contributed by atoms with van der Waals surface area (Å²) in [5.74, 6) is 1.46. The maximum absolute atomic E-state index is 12.4. The fourth-order valence-electron chi connectivity index (χ4n) is 4.65. The highest BCUT2D eigenvalue weighted by atomic mass is 32.1. The van der Waals surface area contributed by atoms with Crippen LogP contribution in [0, 0.1) is 5.92 Å². The van der Waals surface area contributed by atoms with Crippen molar-refractivity contribution in [3.05, 3.63) is 16.8 Å². The zero-order chi connectivity index (χ0) is 26.3. The molecule has 1 saturated heterocycles. The summed E-state index contributed by atoms with van der Waals surface area (Å²) >= 11 is 1.78. The molecule has 0 N–H and O–H groups in total. The summed E-state index contributed by atoms with van der Waals surface area (Å²) in [6.07, 6.45) is 5.39. The molecule has 1 atom stereocenters. The third-order valence-electron chi connectivity index (χ3n) is 7.87. The number of amides is 1. The molecule has 1 aliphatic carbocycles. The molecule has 2 aromatic rings. The molecule has 0 bridgehead atoms. The predicted molar refractivity (Wildman–Crippen MR) is 148 cm³/mol. The molecule has 1 fully saturated rings. The van der Waals surface area contributed by atoms with Crippen LogP contribution in [0.3, 0.4) is 0 Å². The second kappa shape index (κ2) is 10.2. The zero-order valence-corrected chi connectivity index (χ0v) is 25.1. The lowest BCUT2D eigenvalue weighted by atomic mass is 9.98. The number of fused-ring (bicyclic) bond motifs is 3. The van der Waals surface area contributed by atoms with E-state index >= 15 is 0 Å². The summed E-state index contributed by atoms with van der Waals surface area (Å²) < 4.78 is 18.5. The lowest BCUT2D eigenvalue weighted by Crippen LogP contribution is -2.42. The first-order valence-electron chi connectivity index (χ1n) is 13.3. The van der Waals surface area contributed by atoms with E-state index in [0.717, 1.165) is 42.5 Å². The summed E-state index contributed by atoms with van der Waals surface area (Å²) in [5, 5.41) is 1.28. The monoisotopic (exact) mass is 533 g/mol. The Labute approximate surface area is 221 Å². The Morgan fingerprint density at radius 2 is 1.78 bits per heavy atom. The van der Waals surface area contributed by atoms with Gasteiger partial charge in [-0.2, -0.15) is 0 Å². The van der Waals surface area contributed by atoms with Crippen molar-refractivity contribution in [3.63, 3.8) is 0 Å². The SMILES string of the molecule is CC(C)(C)OC(=O)N1CCC(COc2ncnc3sc4c(c23)[C@@H](CO[Si](C)(C)C(C)(C)C)CC4)CC1. The Bertz CT molecular complexity index is 1080. The van der Waals surface area contributed by atoms with Gasteiger partial charge in [0.05, 0.1) is 12.0 Å². The maximum atomic E-state index is 12.4. The smallest absolute Gasteiger partial charge is 0.410 e. The first-order chi connectivity index (χ1) is 16.7. The molecule has 2 aliphatic rings. The van der Waals surface area contributed by atoms with E-state index in [0.29, 0.717) is 37.4 Å². The molecule has 2 aromatic heterocycles. The van der Waals surface area contributed by atoms with E-state index in [1.807, 2.05) is 25.7 Å². The number of aryl methyl sites for hydroxylation is 1. The summed E-state index contributed by atoms with van der Waals surface area (Å²) in [6, 6.07) is 0. The van der Waals surface area contributed by atoms with Crippen molar-refractivity contribution in [2.75, 3.05) is 26.3 Å². The van der Waals surface area contributed by atoms with Gasteiger partial charge >= 0.3 is 6.09 Å². The molecule has 0 radical (unpaired) electrons. The molecule has 4 rings (SSSR count). The van der Waals surface area contributed by atoms with Gasteiger partial charge in [-0.3, -0.25) is 0 Å². The third kappa shape index (κ3) is 6.05. The maximum Gasteiger partial charge on any atom is 0.410 e. The molecule has 7 nitrogen and oxygen atoms in total. The molecule has 0 unspecified atom stereocenters. The van der Waals surface area contributed by atoms with Crippen LogP contribution in [0.4, 0.5) is 4.79 Å². The molecule has 0 aromatic carbocycles. The Kier molecular flexibility index (Phi) is 7.75. The first kappa shape index (κ1) is 27.3. The number of ether oxygens (including phenoxy) is 2. The number of carbonyl (C=O) groups is 1. The number of likely N-dealkylation sites (tertiary alicyclic amines) is 1. The van der Waals surface area contributed by atoms with Crippen LogP contribution >= 0.6 is 11.3 Å². The number of piperidine rings is 1. The lowest BCUT2D eigenvalue weighted by Gasteiger charge is -2.37. The van der Waals surface area contributed by atoms with Crippen LogP contribution in [-0.4, -0.2) is 61.2 Å². The van der Waals surface area contributed by atoms with Gasteiger partial charge in [0.2, 0.25) is 5.88 Å². The number of carbonyl (C=O) groups excluding carboxylic acids is 1. The molecule has 1 aliphatic heterocycles. The highest BCUT2D eigenvalue weighted by Crippen LogP contribution is 2.47. The minimum atomic E-state index is -1.82. The highest BCUT2D eigenvalue weighted by molar-refractivity contribution is 7.19. The van der Waals surface area contributed by atoms with Crippen LogP contribution in [0.2, 0.25) is 18.1 Å². The van der Waals surface area contributed by atoms with Gasteiger partial charge < -0.3 is 18.8 Å². The summed E-state index contributed by atoms with van der Waals surface area (Å²) in [6.45, 7) is 20.0. The second-order valence-electron chi connectivity index (χ2n) is 12.8. The number of hydrogen-bond acceptors (Lipinski definition) is 7. The van der Waals surface area contributed by atoms with Gasteiger partial charge in [-0.15, -0.1) is 11.3 Å². The standard InChI is InChI=1S/C27H43N3O4SSi/c1-26(2,3)34-25(31)30-13-11-18(12-14-30)15-32-23-22-21-19(16-33-36(7,8)27(4,5)6)9-10-20(21)35-24(22)29-17-28-23/h17-19H,9-16H2,1-8H3/t19-/m1/s1. The number of rotatable bonds is 6. The minimum Gasteiger partial charge on any atom is -0.477 e. The Morgan fingerprint density at radius 3 is 2.42 bits per heavy atom. The van der Waals surface area contributed by atoms with E-state index < -0.39 is 13.9 Å². The molecular formula is C27H43N3O4SSi. The van der Waals surface area contributed by atoms with Crippen molar-refractivity contribution >= 4 is 36.0 Å². The van der Waals surface area contributed by atoms with Crippen LogP contribution in [0.25, 0.3) is 10.2 Å². The Balaban J connectivity index is 1.41. The Hall–Kier alpha value is -1.71. The van der Waals surface area contributed by atoms with Gasteiger partial charge in [-0.1, -0.05) is 20.8 Å². The van der Waals surface area contributed by atoms with E-state index in [1.54, 1.807) is 17.7 Å². The number of nitrogens with zero attached hydrogens (tertiary/aromatic N) is 3. The van der Waals surface area contributed by atoms with E-state index in [9.17, 15) is 4.79 Å².